The van der Waals surface area contributed by atoms with Gasteiger partial charge in [0.2, 0.25) is 17.8 Å². The molecule has 3 N–H and O–H groups in total. The first kappa shape index (κ1) is 26.7. The number of nitrogens with two attached hydrogens (primary N) is 1. The predicted octanol–water partition coefficient (Wildman–Crippen LogP) is 3.10. The summed E-state index contributed by atoms with van der Waals surface area (Å²) in [6.07, 6.45) is 14.0. The van der Waals surface area contributed by atoms with Gasteiger partial charge < -0.3 is 20.0 Å². The van der Waals surface area contributed by atoms with E-state index in [9.17, 15) is 9.59 Å². The van der Waals surface area contributed by atoms with Gasteiger partial charge in [-0.25, -0.2) is 10.5 Å². The molecule has 3 heterocycles. The normalized spacial score (nSPS) is 16.2. The summed E-state index contributed by atoms with van der Waals surface area (Å²) < 4.78 is 5.46. The predicted molar refractivity (Wildman–Crippen MR) is 133 cm³/mol. The van der Waals surface area contributed by atoms with Gasteiger partial charge in [0.15, 0.2) is 0 Å². The molecule has 0 spiro atoms. The van der Waals surface area contributed by atoms with Gasteiger partial charge in [0.1, 0.15) is 11.3 Å². The SMILES string of the molecule is C#C.CONC(N)=Nc1ccc2oc(C)cc2c1.O=C(CN1CCCCCC1=O)N1CCCC1. The summed E-state index contributed by atoms with van der Waals surface area (Å²) in [7, 11) is 1.48. The number of nitrogens with zero attached hydrogens (tertiary/aromatic N) is 3. The number of likely N-dealkylation sites (tertiary alicyclic amines) is 2. The molecule has 1 aromatic heterocycles. The molecule has 34 heavy (non-hydrogen) atoms. The van der Waals surface area contributed by atoms with Crippen molar-refractivity contribution in [1.29, 1.82) is 0 Å². The largest absolute Gasteiger partial charge is 0.461 e. The smallest absolute Gasteiger partial charge is 0.242 e. The van der Waals surface area contributed by atoms with Crippen LogP contribution < -0.4 is 11.2 Å². The van der Waals surface area contributed by atoms with Crippen molar-refractivity contribution in [2.75, 3.05) is 33.3 Å². The van der Waals surface area contributed by atoms with Crippen LogP contribution in [0.1, 0.15) is 44.3 Å². The van der Waals surface area contributed by atoms with Crippen molar-refractivity contribution in [3.05, 3.63) is 30.0 Å². The van der Waals surface area contributed by atoms with Crippen LogP contribution in [0.15, 0.2) is 33.7 Å². The highest BCUT2D eigenvalue weighted by atomic mass is 16.6. The van der Waals surface area contributed by atoms with Crippen LogP contribution in [0.5, 0.6) is 0 Å². The Labute approximate surface area is 201 Å². The molecule has 0 atom stereocenters. The number of guanidine groups is 1. The third kappa shape index (κ3) is 8.12. The van der Waals surface area contributed by atoms with Crippen molar-refractivity contribution in [3.63, 3.8) is 0 Å². The molecule has 0 unspecified atom stereocenters. The van der Waals surface area contributed by atoms with Gasteiger partial charge in [-0.3, -0.25) is 14.4 Å². The quantitative estimate of drug-likeness (QED) is 0.308. The average molecular weight is 470 g/mol. The lowest BCUT2D eigenvalue weighted by atomic mass is 10.2. The van der Waals surface area contributed by atoms with Crippen LogP contribution in [0.4, 0.5) is 5.69 Å². The van der Waals surface area contributed by atoms with Crippen LogP contribution in [-0.2, 0) is 14.4 Å². The molecule has 0 bridgehead atoms. The number of carbonyl (C=O) groups is 2. The third-order valence-corrected chi connectivity index (χ3v) is 5.54. The second kappa shape index (κ2) is 13.9. The van der Waals surface area contributed by atoms with Gasteiger partial charge in [-0.15, -0.1) is 12.8 Å². The molecule has 2 aliphatic heterocycles. The first-order valence-corrected chi connectivity index (χ1v) is 11.5. The Kier molecular flexibility index (Phi) is 10.9. The van der Waals surface area contributed by atoms with Crippen LogP contribution in [0, 0.1) is 19.8 Å². The number of hydrogen-bond acceptors (Lipinski definition) is 5. The first-order chi connectivity index (χ1) is 16.5. The Morgan fingerprint density at radius 1 is 1.15 bits per heavy atom. The molecule has 2 aliphatic rings. The molecule has 2 saturated heterocycles. The highest BCUT2D eigenvalue weighted by Crippen LogP contribution is 2.24. The van der Waals surface area contributed by atoms with Gasteiger partial charge in [0.25, 0.3) is 0 Å². The van der Waals surface area contributed by atoms with Crippen molar-refractivity contribution in [3.8, 4) is 12.8 Å². The second-order valence-corrected chi connectivity index (χ2v) is 8.10. The van der Waals surface area contributed by atoms with Crippen LogP contribution in [-0.4, -0.2) is 60.9 Å². The highest BCUT2D eigenvalue weighted by molar-refractivity contribution is 5.85. The number of fused-ring (bicyclic) bond motifs is 1. The maximum atomic E-state index is 11.9. The third-order valence-electron chi connectivity index (χ3n) is 5.54. The van der Waals surface area contributed by atoms with Gasteiger partial charge in [-0.2, -0.15) is 0 Å². The second-order valence-electron chi connectivity index (χ2n) is 8.10. The fourth-order valence-electron chi connectivity index (χ4n) is 3.94. The number of carbonyl (C=O) groups excluding carboxylic acids is 2. The van der Waals surface area contributed by atoms with Crippen LogP contribution in [0.3, 0.4) is 0 Å². The van der Waals surface area contributed by atoms with E-state index < -0.39 is 0 Å². The van der Waals surface area contributed by atoms with Crippen molar-refractivity contribution in [2.24, 2.45) is 10.7 Å². The fourth-order valence-corrected chi connectivity index (χ4v) is 3.94. The zero-order valence-corrected chi connectivity index (χ0v) is 20.1. The van der Waals surface area contributed by atoms with E-state index in [1.54, 1.807) is 4.90 Å². The Morgan fingerprint density at radius 2 is 1.85 bits per heavy atom. The van der Waals surface area contributed by atoms with Gasteiger partial charge in [-0.1, -0.05) is 6.42 Å². The van der Waals surface area contributed by atoms with Gasteiger partial charge in [0, 0.05) is 31.4 Å². The van der Waals surface area contributed by atoms with Crippen molar-refractivity contribution < 1.29 is 18.8 Å². The molecule has 2 amide bonds. The number of aryl methyl sites for hydroxylation is 1. The summed E-state index contributed by atoms with van der Waals surface area (Å²) in [6.45, 7) is 4.72. The summed E-state index contributed by atoms with van der Waals surface area (Å²) in [6, 6.07) is 7.54. The van der Waals surface area contributed by atoms with E-state index >= 15 is 0 Å². The van der Waals surface area contributed by atoms with Crippen molar-refractivity contribution >= 4 is 34.4 Å². The van der Waals surface area contributed by atoms with Crippen molar-refractivity contribution in [1.82, 2.24) is 15.3 Å². The molecule has 1 aromatic carbocycles. The zero-order valence-electron chi connectivity index (χ0n) is 20.1. The molecule has 2 fully saturated rings. The summed E-state index contributed by atoms with van der Waals surface area (Å²) >= 11 is 0. The van der Waals surface area contributed by atoms with E-state index in [2.05, 4.69) is 28.2 Å². The molecule has 0 aliphatic carbocycles. The lowest BCUT2D eigenvalue weighted by Gasteiger charge is -2.23. The Morgan fingerprint density at radius 3 is 2.56 bits per heavy atom. The highest BCUT2D eigenvalue weighted by Gasteiger charge is 2.23. The number of hydroxylamine groups is 1. The number of amides is 2. The average Bonchev–Trinajstić information content (AvgIpc) is 3.44. The number of benzene rings is 1. The summed E-state index contributed by atoms with van der Waals surface area (Å²) in [5.41, 5.74) is 9.60. The number of rotatable bonds is 4. The molecular formula is C25H35N5O4. The van der Waals surface area contributed by atoms with E-state index in [-0.39, 0.29) is 17.8 Å². The number of terminal acetylenes is 1. The number of nitrogens with one attached hydrogen (secondary N) is 1. The maximum Gasteiger partial charge on any atom is 0.242 e. The summed E-state index contributed by atoms with van der Waals surface area (Å²) in [4.78, 5) is 36.0. The minimum absolute atomic E-state index is 0.132. The molecule has 184 valence electrons. The minimum atomic E-state index is 0.132. The fraction of sp³-hybridized carbons (Fsp3) is 0.480. The van der Waals surface area contributed by atoms with E-state index in [0.29, 0.717) is 13.0 Å². The molecule has 4 rings (SSSR count). The van der Waals surface area contributed by atoms with Crippen LogP contribution in [0.25, 0.3) is 11.0 Å². The van der Waals surface area contributed by atoms with E-state index in [4.69, 9.17) is 10.2 Å². The van der Waals surface area contributed by atoms with Gasteiger partial charge >= 0.3 is 0 Å². The Bertz CT molecular complexity index is 992. The number of furan rings is 1. The monoisotopic (exact) mass is 469 g/mol. The lowest BCUT2D eigenvalue weighted by Crippen LogP contribution is -2.41. The number of hydrogen-bond donors (Lipinski definition) is 2. The van der Waals surface area contributed by atoms with E-state index in [1.165, 1.54) is 7.11 Å². The molecule has 0 saturated carbocycles. The topological polar surface area (TPSA) is 113 Å². The Hall–Kier alpha value is -3.51. The Balaban J connectivity index is 0.000000224. The molecule has 0 radical (unpaired) electrons. The standard InChI is InChI=1S/C12H20N2O2.C11H13N3O2.C2H2/c15-11-6-2-1-3-9-14(11)10-12(16)13-7-4-5-8-13;1-7-5-8-6-9(3-4-10(8)16-7)13-11(12)14-15-2;1-2/h1-10H2;3-6H,1-2H3,(H3,12,13,14);1-2H. The molecular weight excluding hydrogens is 434 g/mol. The van der Waals surface area contributed by atoms with Gasteiger partial charge in [0.05, 0.1) is 19.3 Å². The van der Waals surface area contributed by atoms with Gasteiger partial charge in [-0.05, 0) is 56.9 Å². The zero-order chi connectivity index (χ0) is 24.9. The lowest BCUT2D eigenvalue weighted by molar-refractivity contribution is -0.139. The van der Waals surface area contributed by atoms with Crippen LogP contribution in [0.2, 0.25) is 0 Å². The molecule has 9 nitrogen and oxygen atoms in total. The number of aliphatic imine (C=N–C) groups is 1. The van der Waals surface area contributed by atoms with E-state index in [1.807, 2.05) is 36.1 Å². The maximum absolute atomic E-state index is 11.9. The van der Waals surface area contributed by atoms with Crippen molar-refractivity contribution in [2.45, 2.75) is 45.4 Å². The molecule has 9 heteroatoms. The molecule has 2 aromatic rings. The van der Waals surface area contributed by atoms with E-state index in [0.717, 1.165) is 74.2 Å². The summed E-state index contributed by atoms with van der Waals surface area (Å²) in [5, 5.41) is 1.00. The minimum Gasteiger partial charge on any atom is -0.461 e. The van der Waals surface area contributed by atoms with Crippen LogP contribution >= 0.6 is 0 Å². The first-order valence-electron chi connectivity index (χ1n) is 11.5. The summed E-state index contributed by atoms with van der Waals surface area (Å²) in [5.74, 6) is 1.37.